The Labute approximate surface area is 168 Å². The van der Waals surface area contributed by atoms with Crippen molar-refractivity contribution in [3.63, 3.8) is 0 Å². The summed E-state index contributed by atoms with van der Waals surface area (Å²) in [6, 6.07) is 18.4. The number of rotatable bonds is 9. The van der Waals surface area contributed by atoms with Crippen LogP contribution < -0.4 is 10.0 Å². The smallest absolute Gasteiger partial charge is 0.336 e. The summed E-state index contributed by atoms with van der Waals surface area (Å²) in [5.74, 6) is 0. The Morgan fingerprint density at radius 1 is 0.962 bits per heavy atom. The predicted molar refractivity (Wildman–Crippen MR) is 107 cm³/mol. The van der Waals surface area contributed by atoms with E-state index in [2.05, 4.69) is 10.0 Å². The first-order valence-corrected chi connectivity index (χ1v) is 10.4. The molecule has 0 heterocycles. The van der Waals surface area contributed by atoms with Crippen molar-refractivity contribution >= 4 is 50.8 Å². The van der Waals surface area contributed by atoms with Crippen molar-refractivity contribution < 1.29 is 12.6 Å². The highest BCUT2D eigenvalue weighted by atomic mass is 35.6. The summed E-state index contributed by atoms with van der Waals surface area (Å²) in [4.78, 5) is 0. The Morgan fingerprint density at radius 2 is 1.54 bits per heavy atom. The van der Waals surface area contributed by atoms with Gasteiger partial charge in [-0.25, -0.2) is 0 Å². The molecule has 2 N–H and O–H groups in total. The summed E-state index contributed by atoms with van der Waals surface area (Å²) in [6.07, 6.45) is 0.495. The third-order valence-corrected chi connectivity index (χ3v) is 4.73. The lowest BCUT2D eigenvalue weighted by molar-refractivity contribution is 0.313. The minimum atomic E-state index is -4.09. The number of para-hydroxylation sites is 1. The number of anilines is 1. The van der Waals surface area contributed by atoms with Crippen molar-refractivity contribution in [3.8, 4) is 0 Å². The summed E-state index contributed by atoms with van der Waals surface area (Å²) in [5, 5.41) is 3.25. The van der Waals surface area contributed by atoms with Crippen molar-refractivity contribution in [2.45, 2.75) is 16.3 Å². The van der Waals surface area contributed by atoms with Gasteiger partial charge in [0, 0.05) is 12.2 Å². The number of halogens is 3. The van der Waals surface area contributed by atoms with Crippen LogP contribution in [-0.2, 0) is 14.5 Å². The molecule has 0 fully saturated rings. The molecule has 0 aliphatic rings. The van der Waals surface area contributed by atoms with E-state index in [1.807, 2.05) is 60.7 Å². The third-order valence-electron chi connectivity index (χ3n) is 3.40. The molecule has 0 saturated heterocycles. The molecule has 5 nitrogen and oxygen atoms in total. The number of hydrogen-bond acceptors (Lipinski definition) is 4. The predicted octanol–water partition coefficient (Wildman–Crippen LogP) is 4.45. The van der Waals surface area contributed by atoms with Gasteiger partial charge in [-0.05, 0) is 24.1 Å². The molecule has 1 unspecified atom stereocenters. The van der Waals surface area contributed by atoms with Crippen molar-refractivity contribution in [1.82, 2.24) is 4.72 Å². The zero-order chi connectivity index (χ0) is 19.0. The highest BCUT2D eigenvalue weighted by molar-refractivity contribution is 7.84. The van der Waals surface area contributed by atoms with Crippen molar-refractivity contribution in [2.75, 3.05) is 18.5 Å². The van der Waals surface area contributed by atoms with Gasteiger partial charge in [-0.1, -0.05) is 83.3 Å². The fourth-order valence-corrected chi connectivity index (χ4v) is 3.61. The van der Waals surface area contributed by atoms with Gasteiger partial charge in [0.25, 0.3) is 0 Å². The van der Waals surface area contributed by atoms with Gasteiger partial charge >= 0.3 is 10.3 Å². The molecule has 0 spiro atoms. The second kappa shape index (κ2) is 9.78. The number of hydrogen-bond donors (Lipinski definition) is 2. The van der Waals surface area contributed by atoms with Crippen molar-refractivity contribution in [2.24, 2.45) is 0 Å². The number of benzene rings is 2. The van der Waals surface area contributed by atoms with Crippen LogP contribution in [0.15, 0.2) is 60.7 Å². The first-order valence-electron chi connectivity index (χ1n) is 7.82. The van der Waals surface area contributed by atoms with E-state index in [4.69, 9.17) is 39.0 Å². The molecule has 0 amide bonds. The van der Waals surface area contributed by atoms with Crippen LogP contribution >= 0.6 is 34.8 Å². The monoisotopic (exact) mass is 436 g/mol. The highest BCUT2D eigenvalue weighted by Gasteiger charge is 2.26. The summed E-state index contributed by atoms with van der Waals surface area (Å²) in [6.45, 7) is -0.0205. The van der Waals surface area contributed by atoms with Crippen LogP contribution in [0, 0.1) is 0 Å². The zero-order valence-electron chi connectivity index (χ0n) is 13.7. The second-order valence-corrected chi connectivity index (χ2v) is 9.39. The Hall–Kier alpha value is -1.02. The summed E-state index contributed by atoms with van der Waals surface area (Å²) in [7, 11) is -4.09. The molecule has 0 aromatic heterocycles. The number of alkyl halides is 3. The lowest BCUT2D eigenvalue weighted by Gasteiger charge is -2.20. The SMILES string of the molecule is O=S(=O)(NC(CCNc1ccccc1)c1ccccc1)OCC(Cl)(Cl)Cl. The minimum absolute atomic E-state index is 0.493. The summed E-state index contributed by atoms with van der Waals surface area (Å²) < 4.78 is 29.8. The summed E-state index contributed by atoms with van der Waals surface area (Å²) in [5.41, 5.74) is 1.76. The lowest BCUT2D eigenvalue weighted by Crippen LogP contribution is -2.33. The van der Waals surface area contributed by atoms with Crippen LogP contribution in [0.5, 0.6) is 0 Å². The summed E-state index contributed by atoms with van der Waals surface area (Å²) >= 11 is 16.6. The molecule has 0 radical (unpaired) electrons. The van der Waals surface area contributed by atoms with E-state index in [-0.39, 0.29) is 0 Å². The van der Waals surface area contributed by atoms with Crippen LogP contribution in [0.1, 0.15) is 18.0 Å². The highest BCUT2D eigenvalue weighted by Crippen LogP contribution is 2.27. The average molecular weight is 438 g/mol. The van der Waals surface area contributed by atoms with Gasteiger partial charge in [0.15, 0.2) is 0 Å². The fourth-order valence-electron chi connectivity index (χ4n) is 2.25. The third kappa shape index (κ3) is 8.12. The van der Waals surface area contributed by atoms with E-state index in [1.165, 1.54) is 0 Å². The topological polar surface area (TPSA) is 67.4 Å². The van der Waals surface area contributed by atoms with Crippen LogP contribution in [0.2, 0.25) is 0 Å². The quantitative estimate of drug-likeness (QED) is 0.569. The molecule has 0 aliphatic carbocycles. The van der Waals surface area contributed by atoms with Gasteiger partial charge in [0.1, 0.15) is 6.61 Å². The molecule has 0 aliphatic heterocycles. The van der Waals surface area contributed by atoms with Crippen LogP contribution in [0.3, 0.4) is 0 Å². The Bertz CT molecular complexity index is 769. The van der Waals surface area contributed by atoms with E-state index in [0.29, 0.717) is 13.0 Å². The zero-order valence-corrected chi connectivity index (χ0v) is 16.8. The first kappa shape index (κ1) is 21.3. The van der Waals surface area contributed by atoms with Gasteiger partial charge in [0.2, 0.25) is 3.79 Å². The van der Waals surface area contributed by atoms with Gasteiger partial charge in [-0.2, -0.15) is 13.1 Å². The molecule has 2 rings (SSSR count). The van der Waals surface area contributed by atoms with Gasteiger partial charge in [0.05, 0.1) is 6.04 Å². The van der Waals surface area contributed by atoms with E-state index >= 15 is 0 Å². The second-order valence-electron chi connectivity index (χ2n) is 5.49. The Balaban J connectivity index is 2.02. The molecule has 2 aromatic carbocycles. The van der Waals surface area contributed by atoms with Crippen molar-refractivity contribution in [3.05, 3.63) is 66.2 Å². The molecular weight excluding hydrogens is 419 g/mol. The Morgan fingerprint density at radius 3 is 2.12 bits per heavy atom. The minimum Gasteiger partial charge on any atom is -0.385 e. The molecular formula is C17H19Cl3N2O3S. The molecule has 9 heteroatoms. The molecule has 26 heavy (non-hydrogen) atoms. The van der Waals surface area contributed by atoms with Gasteiger partial charge in [-0.15, -0.1) is 0 Å². The molecule has 0 saturated carbocycles. The largest absolute Gasteiger partial charge is 0.385 e. The Kier molecular flexibility index (Phi) is 8.01. The molecule has 1 atom stereocenters. The molecule has 0 bridgehead atoms. The van der Waals surface area contributed by atoms with Gasteiger partial charge < -0.3 is 5.32 Å². The standard InChI is InChI=1S/C17H19Cl3N2O3S/c18-17(19,20)13-25-26(23,24)22-16(14-7-3-1-4-8-14)11-12-21-15-9-5-2-6-10-15/h1-10,16,21-22H,11-13H2. The van der Waals surface area contributed by atoms with Crippen LogP contribution in [0.25, 0.3) is 0 Å². The molecule has 142 valence electrons. The number of nitrogens with one attached hydrogen (secondary N) is 2. The lowest BCUT2D eigenvalue weighted by atomic mass is 10.1. The maximum absolute atomic E-state index is 12.2. The van der Waals surface area contributed by atoms with Crippen LogP contribution in [0.4, 0.5) is 5.69 Å². The van der Waals surface area contributed by atoms with E-state index in [1.54, 1.807) is 0 Å². The van der Waals surface area contributed by atoms with Crippen molar-refractivity contribution in [1.29, 1.82) is 0 Å². The molecule has 2 aromatic rings. The first-order chi connectivity index (χ1) is 12.3. The normalized spacial score (nSPS) is 13.3. The van der Waals surface area contributed by atoms with E-state index in [0.717, 1.165) is 11.3 Å². The van der Waals surface area contributed by atoms with Gasteiger partial charge in [-0.3, -0.25) is 4.18 Å². The maximum atomic E-state index is 12.2. The van der Waals surface area contributed by atoms with Crippen LogP contribution in [-0.4, -0.2) is 25.4 Å². The van der Waals surface area contributed by atoms with E-state index < -0.39 is 26.7 Å². The average Bonchev–Trinajstić information content (AvgIpc) is 2.60. The fraction of sp³-hybridized carbons (Fsp3) is 0.294. The maximum Gasteiger partial charge on any atom is 0.336 e. The van der Waals surface area contributed by atoms with E-state index in [9.17, 15) is 8.42 Å².